The van der Waals surface area contributed by atoms with Crippen LogP contribution in [-0.4, -0.2) is 39.3 Å². The number of benzene rings is 1. The lowest BCUT2D eigenvalue weighted by Gasteiger charge is -2.31. The molecule has 4 aromatic rings. The summed E-state index contributed by atoms with van der Waals surface area (Å²) in [6, 6.07) is 8.10. The van der Waals surface area contributed by atoms with Crippen molar-refractivity contribution in [1.82, 2.24) is 44.6 Å². The number of aryl methyl sites for hydroxylation is 1. The van der Waals surface area contributed by atoms with E-state index < -0.39 is 5.41 Å². The van der Waals surface area contributed by atoms with Crippen LogP contribution in [-0.2, 0) is 24.9 Å². The van der Waals surface area contributed by atoms with E-state index in [9.17, 15) is 4.79 Å². The fraction of sp³-hybridized carbons (Fsp3) is 0.346. The van der Waals surface area contributed by atoms with E-state index in [1.165, 1.54) is 0 Å². The van der Waals surface area contributed by atoms with Gasteiger partial charge >= 0.3 is 5.69 Å². The molecule has 0 atom stereocenters. The van der Waals surface area contributed by atoms with Crippen molar-refractivity contribution < 1.29 is 0 Å². The van der Waals surface area contributed by atoms with Gasteiger partial charge in [-0.2, -0.15) is 0 Å². The van der Waals surface area contributed by atoms with E-state index in [0.717, 1.165) is 36.2 Å². The molecule has 4 heterocycles. The van der Waals surface area contributed by atoms with E-state index in [-0.39, 0.29) is 5.69 Å². The molecule has 0 fully saturated rings. The van der Waals surface area contributed by atoms with Gasteiger partial charge in [0.15, 0.2) is 5.82 Å². The first-order valence-electron chi connectivity index (χ1n) is 12.3. The SMILES string of the molecule is CCCc1cn(-c2nccn2CC(C)C)c(=O)n1CC1(c2cccc(-c3nnn[nH]3)c2)C=CNC=C1. The predicted molar refractivity (Wildman–Crippen MR) is 137 cm³/mol. The lowest BCUT2D eigenvalue weighted by Crippen LogP contribution is -2.36. The molecule has 10 nitrogen and oxygen atoms in total. The van der Waals surface area contributed by atoms with Gasteiger partial charge in [0.1, 0.15) is 0 Å². The van der Waals surface area contributed by atoms with E-state index in [1.807, 2.05) is 46.1 Å². The molecular weight excluding hydrogens is 454 g/mol. The van der Waals surface area contributed by atoms with Gasteiger partial charge in [0.05, 0.1) is 5.41 Å². The van der Waals surface area contributed by atoms with Gasteiger partial charge in [-0.25, -0.2) is 19.4 Å². The molecule has 1 aliphatic heterocycles. The van der Waals surface area contributed by atoms with E-state index >= 15 is 0 Å². The minimum atomic E-state index is -0.541. The van der Waals surface area contributed by atoms with Crippen molar-refractivity contribution in [2.24, 2.45) is 5.92 Å². The molecule has 0 saturated heterocycles. The zero-order valence-electron chi connectivity index (χ0n) is 20.8. The Morgan fingerprint density at radius 3 is 2.72 bits per heavy atom. The number of dihydropyridines is 1. The van der Waals surface area contributed by atoms with Gasteiger partial charge in [0.25, 0.3) is 0 Å². The standard InChI is InChI=1S/C26H31N9O/c1-4-6-22-17-34(24-28-13-14-33(24)16-19(2)3)25(36)35(22)18-26(9-11-27-12-10-26)21-8-5-7-20(15-21)23-29-31-32-30-23/h5,7-15,17,19,27H,4,6,16,18H2,1-3H3,(H,29,30,31,32). The Balaban J connectivity index is 1.60. The minimum absolute atomic E-state index is 0.0926. The summed E-state index contributed by atoms with van der Waals surface area (Å²) in [6.07, 6.45) is 15.4. The average molecular weight is 486 g/mol. The third-order valence-corrected chi connectivity index (χ3v) is 6.43. The number of aromatic nitrogens is 8. The highest BCUT2D eigenvalue weighted by atomic mass is 16.1. The summed E-state index contributed by atoms with van der Waals surface area (Å²) >= 11 is 0. The zero-order chi connectivity index (χ0) is 25.1. The Kier molecular flexibility index (Phi) is 6.41. The van der Waals surface area contributed by atoms with Gasteiger partial charge in [-0.3, -0.25) is 4.57 Å². The average Bonchev–Trinajstić information content (AvgIpc) is 3.63. The number of nitrogens with one attached hydrogen (secondary N) is 2. The molecule has 1 aliphatic rings. The fourth-order valence-corrected chi connectivity index (χ4v) is 4.75. The lowest BCUT2D eigenvalue weighted by atomic mass is 9.78. The second kappa shape index (κ2) is 9.80. The number of rotatable bonds is 9. The van der Waals surface area contributed by atoms with Crippen molar-refractivity contribution in [3.05, 3.63) is 89.1 Å². The Hall–Kier alpha value is -4.21. The molecule has 0 aliphatic carbocycles. The van der Waals surface area contributed by atoms with Crippen molar-refractivity contribution in [3.8, 4) is 17.3 Å². The monoisotopic (exact) mass is 485 g/mol. The van der Waals surface area contributed by atoms with Crippen LogP contribution in [0.4, 0.5) is 0 Å². The highest BCUT2D eigenvalue weighted by Crippen LogP contribution is 2.33. The molecule has 0 amide bonds. The van der Waals surface area contributed by atoms with Gasteiger partial charge in [-0.15, -0.1) is 5.10 Å². The summed E-state index contributed by atoms with van der Waals surface area (Å²) in [7, 11) is 0. The van der Waals surface area contributed by atoms with Crippen molar-refractivity contribution in [3.63, 3.8) is 0 Å². The highest BCUT2D eigenvalue weighted by molar-refractivity contribution is 5.57. The topological polar surface area (TPSA) is 111 Å². The van der Waals surface area contributed by atoms with Crippen LogP contribution < -0.4 is 11.0 Å². The summed E-state index contributed by atoms with van der Waals surface area (Å²) < 4.78 is 5.62. The number of aromatic amines is 1. The smallest absolute Gasteiger partial charge is 0.335 e. The van der Waals surface area contributed by atoms with Gasteiger partial charge in [-0.05, 0) is 46.8 Å². The maximum atomic E-state index is 13.9. The summed E-state index contributed by atoms with van der Waals surface area (Å²) in [4.78, 5) is 18.4. The number of H-pyrrole nitrogens is 1. The molecule has 0 unspecified atom stereocenters. The van der Waals surface area contributed by atoms with Gasteiger partial charge in [-0.1, -0.05) is 57.5 Å². The number of allylic oxidation sites excluding steroid dienone is 2. The van der Waals surface area contributed by atoms with Crippen LogP contribution in [0.5, 0.6) is 0 Å². The third kappa shape index (κ3) is 4.41. The predicted octanol–water partition coefficient (Wildman–Crippen LogP) is 3.19. The number of hydrogen-bond donors (Lipinski definition) is 2. The van der Waals surface area contributed by atoms with E-state index in [2.05, 4.69) is 76.0 Å². The van der Waals surface area contributed by atoms with Crippen LogP contribution in [0, 0.1) is 5.92 Å². The van der Waals surface area contributed by atoms with Crippen LogP contribution in [0.15, 0.2) is 72.2 Å². The maximum Gasteiger partial charge on any atom is 0.335 e. The number of imidazole rings is 2. The second-order valence-corrected chi connectivity index (χ2v) is 9.59. The first-order valence-corrected chi connectivity index (χ1v) is 12.3. The molecule has 0 radical (unpaired) electrons. The Bertz CT molecular complexity index is 1420. The first kappa shape index (κ1) is 23.5. The van der Waals surface area contributed by atoms with E-state index in [4.69, 9.17) is 0 Å². The molecular formula is C26H31N9O. The third-order valence-electron chi connectivity index (χ3n) is 6.43. The number of hydrogen-bond acceptors (Lipinski definition) is 6. The van der Waals surface area contributed by atoms with Gasteiger partial charge < -0.3 is 9.88 Å². The van der Waals surface area contributed by atoms with Crippen molar-refractivity contribution in [2.45, 2.75) is 52.1 Å². The fourth-order valence-electron chi connectivity index (χ4n) is 4.75. The van der Waals surface area contributed by atoms with Crippen LogP contribution >= 0.6 is 0 Å². The van der Waals surface area contributed by atoms with Crippen LogP contribution in [0.3, 0.4) is 0 Å². The van der Waals surface area contributed by atoms with Crippen LogP contribution in [0.2, 0.25) is 0 Å². The molecule has 0 saturated carbocycles. The van der Waals surface area contributed by atoms with E-state index in [0.29, 0.717) is 24.2 Å². The zero-order valence-corrected chi connectivity index (χ0v) is 20.8. The molecule has 1 aromatic carbocycles. The molecule has 2 N–H and O–H groups in total. The molecule has 5 rings (SSSR count). The molecule has 36 heavy (non-hydrogen) atoms. The van der Waals surface area contributed by atoms with E-state index in [1.54, 1.807) is 10.8 Å². The molecule has 10 heteroatoms. The first-order chi connectivity index (χ1) is 17.5. The van der Waals surface area contributed by atoms with Crippen molar-refractivity contribution in [2.75, 3.05) is 0 Å². The molecule has 3 aromatic heterocycles. The summed E-state index contributed by atoms with van der Waals surface area (Å²) in [5.74, 6) is 1.68. The molecule has 0 bridgehead atoms. The maximum absolute atomic E-state index is 13.9. The largest absolute Gasteiger partial charge is 0.368 e. The van der Waals surface area contributed by atoms with Crippen molar-refractivity contribution >= 4 is 0 Å². The molecule has 186 valence electrons. The number of nitrogens with zero attached hydrogens (tertiary/aromatic N) is 7. The quantitative estimate of drug-likeness (QED) is 0.377. The van der Waals surface area contributed by atoms with Crippen LogP contribution in [0.1, 0.15) is 38.4 Å². The van der Waals surface area contributed by atoms with Gasteiger partial charge in [0, 0.05) is 42.9 Å². The highest BCUT2D eigenvalue weighted by Gasteiger charge is 2.31. The van der Waals surface area contributed by atoms with Crippen molar-refractivity contribution in [1.29, 1.82) is 0 Å². The minimum Gasteiger partial charge on any atom is -0.368 e. The molecule has 0 spiro atoms. The summed E-state index contributed by atoms with van der Waals surface area (Å²) in [5, 5.41) is 17.4. The summed E-state index contributed by atoms with van der Waals surface area (Å²) in [6.45, 7) is 7.68. The van der Waals surface area contributed by atoms with Gasteiger partial charge in [0.2, 0.25) is 5.95 Å². The lowest BCUT2D eigenvalue weighted by molar-refractivity contribution is 0.492. The Labute approximate surface area is 209 Å². The number of tetrazole rings is 1. The summed E-state index contributed by atoms with van der Waals surface area (Å²) in [5.41, 5.74) is 2.27. The van der Waals surface area contributed by atoms with Crippen LogP contribution in [0.25, 0.3) is 17.3 Å². The Morgan fingerprint density at radius 1 is 1.17 bits per heavy atom. The Morgan fingerprint density at radius 2 is 2.00 bits per heavy atom. The normalized spacial score (nSPS) is 14.4. The second-order valence-electron chi connectivity index (χ2n) is 9.59.